The highest BCUT2D eigenvalue weighted by Gasteiger charge is 2.31. The number of aryl methyl sites for hydroxylation is 2. The third kappa shape index (κ3) is 3.60. The largest absolute Gasteiger partial charge is 0.479 e. The van der Waals surface area contributed by atoms with E-state index in [1.807, 2.05) is 26.2 Å². The van der Waals surface area contributed by atoms with Gasteiger partial charge in [-0.05, 0) is 32.4 Å². The number of carbonyl (C=O) groups is 1. The summed E-state index contributed by atoms with van der Waals surface area (Å²) in [7, 11) is 3.36. The highest BCUT2D eigenvalue weighted by atomic mass is 16.5. The number of rotatable bonds is 3. The quantitative estimate of drug-likeness (QED) is 0.648. The van der Waals surface area contributed by atoms with E-state index in [0.717, 1.165) is 48.5 Å². The molecular formula is C22H28N8O2. The van der Waals surface area contributed by atoms with E-state index in [1.165, 1.54) is 12.8 Å². The lowest BCUT2D eigenvalue weighted by molar-refractivity contribution is 0.257. The van der Waals surface area contributed by atoms with E-state index >= 15 is 0 Å². The average molecular weight is 437 g/mol. The molecule has 10 heteroatoms. The Kier molecular flexibility index (Phi) is 5.09. The van der Waals surface area contributed by atoms with Crippen molar-refractivity contribution in [1.29, 1.82) is 0 Å². The minimum atomic E-state index is -0.246. The van der Waals surface area contributed by atoms with E-state index in [4.69, 9.17) is 9.72 Å². The van der Waals surface area contributed by atoms with E-state index in [9.17, 15) is 4.79 Å². The lowest BCUT2D eigenvalue weighted by Gasteiger charge is -2.35. The molecule has 0 bridgehead atoms. The molecule has 2 amide bonds. The Balaban J connectivity index is 1.44. The molecule has 32 heavy (non-hydrogen) atoms. The predicted molar refractivity (Wildman–Crippen MR) is 124 cm³/mol. The molecule has 2 N–H and O–H groups in total. The number of hydrogen-bond donors (Lipinski definition) is 2. The molecule has 5 heterocycles. The number of nitrogens with one attached hydrogen (secondary N) is 2. The van der Waals surface area contributed by atoms with E-state index < -0.39 is 0 Å². The summed E-state index contributed by atoms with van der Waals surface area (Å²) in [6.07, 6.45) is 2.63. The molecule has 168 valence electrons. The summed E-state index contributed by atoms with van der Waals surface area (Å²) >= 11 is 0. The van der Waals surface area contributed by atoms with Crippen molar-refractivity contribution in [3.05, 3.63) is 29.6 Å². The van der Waals surface area contributed by atoms with Gasteiger partial charge in [-0.1, -0.05) is 0 Å². The van der Waals surface area contributed by atoms with Crippen LogP contribution in [0.1, 0.15) is 18.2 Å². The highest BCUT2D eigenvalue weighted by Crippen LogP contribution is 2.36. The Morgan fingerprint density at radius 2 is 2.12 bits per heavy atom. The number of fused-ring (bicyclic) bond motifs is 2. The molecule has 1 saturated heterocycles. The van der Waals surface area contributed by atoms with Gasteiger partial charge in [0.15, 0.2) is 5.65 Å². The molecular weight excluding hydrogens is 408 g/mol. The van der Waals surface area contributed by atoms with Crippen molar-refractivity contribution in [2.75, 3.05) is 48.4 Å². The molecule has 0 spiro atoms. The van der Waals surface area contributed by atoms with Gasteiger partial charge in [-0.3, -0.25) is 9.58 Å². The molecule has 1 atom stereocenters. The number of piperazine rings is 1. The maximum atomic E-state index is 13.3. The third-order valence-corrected chi connectivity index (χ3v) is 6.01. The van der Waals surface area contributed by atoms with Crippen molar-refractivity contribution >= 4 is 34.3 Å². The lowest BCUT2D eigenvalue weighted by atomic mass is 10.1. The first-order valence-corrected chi connectivity index (χ1v) is 10.9. The minimum absolute atomic E-state index is 0.246. The molecule has 1 fully saturated rings. The van der Waals surface area contributed by atoms with Gasteiger partial charge in [-0.15, -0.1) is 0 Å². The van der Waals surface area contributed by atoms with Crippen LogP contribution in [0, 0.1) is 6.92 Å². The standard InChI is InChI=1S/C22H28N8O2/c1-13-9-18(29-8-6-23-14(2)11-29)16-5-7-30(20(16)24-13)22(31)25-17-10-15-12-28(3)27-19(15)26-21(17)32-4/h9-10,12,14,23H,5-8,11H2,1-4H3,(H,25,31)/t14-/m0/s1. The summed E-state index contributed by atoms with van der Waals surface area (Å²) in [6, 6.07) is 4.16. The van der Waals surface area contributed by atoms with E-state index in [0.29, 0.717) is 29.8 Å². The first kappa shape index (κ1) is 20.5. The summed E-state index contributed by atoms with van der Waals surface area (Å²) in [6.45, 7) is 7.59. The van der Waals surface area contributed by atoms with Crippen LogP contribution in [-0.4, -0.2) is 65.1 Å². The molecule has 0 aromatic carbocycles. The van der Waals surface area contributed by atoms with Crippen LogP contribution in [-0.2, 0) is 13.5 Å². The van der Waals surface area contributed by atoms with Crippen LogP contribution in [0.15, 0.2) is 18.3 Å². The van der Waals surface area contributed by atoms with Gasteiger partial charge < -0.3 is 20.3 Å². The van der Waals surface area contributed by atoms with E-state index in [-0.39, 0.29) is 6.03 Å². The SMILES string of the molecule is COc1nc2nn(C)cc2cc1NC(=O)N1CCc2c(N3CCN[C@@H](C)C3)cc(C)nc21. The molecule has 2 aliphatic heterocycles. The van der Waals surface area contributed by atoms with Crippen LogP contribution in [0.25, 0.3) is 11.0 Å². The summed E-state index contributed by atoms with van der Waals surface area (Å²) < 4.78 is 7.09. The summed E-state index contributed by atoms with van der Waals surface area (Å²) in [4.78, 5) is 26.5. The van der Waals surface area contributed by atoms with Crippen LogP contribution in [0.2, 0.25) is 0 Å². The second kappa shape index (κ2) is 7.94. The Morgan fingerprint density at radius 3 is 2.91 bits per heavy atom. The van der Waals surface area contributed by atoms with E-state index in [2.05, 4.69) is 38.6 Å². The van der Waals surface area contributed by atoms with Crippen molar-refractivity contribution < 1.29 is 9.53 Å². The molecule has 3 aromatic rings. The molecule has 3 aromatic heterocycles. The van der Waals surface area contributed by atoms with Gasteiger partial charge in [0.05, 0.1) is 7.11 Å². The lowest BCUT2D eigenvalue weighted by Crippen LogP contribution is -2.49. The molecule has 5 rings (SSSR count). The summed E-state index contributed by atoms with van der Waals surface area (Å²) in [5.41, 5.74) is 4.30. The first-order chi connectivity index (χ1) is 15.4. The molecule has 2 aliphatic rings. The average Bonchev–Trinajstić information content (AvgIpc) is 3.34. The van der Waals surface area contributed by atoms with Crippen molar-refractivity contribution in [3.8, 4) is 5.88 Å². The Hall–Kier alpha value is -3.40. The Labute approximate surface area is 186 Å². The van der Waals surface area contributed by atoms with Gasteiger partial charge in [0.1, 0.15) is 11.5 Å². The van der Waals surface area contributed by atoms with Gasteiger partial charge in [0.25, 0.3) is 0 Å². The maximum absolute atomic E-state index is 13.3. The fraction of sp³-hybridized carbons (Fsp3) is 0.455. The number of urea groups is 1. The van der Waals surface area contributed by atoms with Gasteiger partial charge in [0, 0.05) is 67.8 Å². The molecule has 0 radical (unpaired) electrons. The van der Waals surface area contributed by atoms with Crippen LogP contribution >= 0.6 is 0 Å². The summed E-state index contributed by atoms with van der Waals surface area (Å²) in [5, 5.41) is 11.6. The van der Waals surface area contributed by atoms with Crippen molar-refractivity contribution in [3.63, 3.8) is 0 Å². The Morgan fingerprint density at radius 1 is 1.28 bits per heavy atom. The zero-order chi connectivity index (χ0) is 22.4. The maximum Gasteiger partial charge on any atom is 0.327 e. The molecule has 10 nitrogen and oxygen atoms in total. The van der Waals surface area contributed by atoms with Crippen LogP contribution in [0.4, 0.5) is 22.0 Å². The highest BCUT2D eigenvalue weighted by molar-refractivity contribution is 6.04. The molecule has 0 unspecified atom stereocenters. The first-order valence-electron chi connectivity index (χ1n) is 10.9. The van der Waals surface area contributed by atoms with Gasteiger partial charge >= 0.3 is 6.03 Å². The third-order valence-electron chi connectivity index (χ3n) is 6.01. The fourth-order valence-electron chi connectivity index (χ4n) is 4.58. The zero-order valence-electron chi connectivity index (χ0n) is 18.8. The van der Waals surface area contributed by atoms with Gasteiger partial charge in [-0.25, -0.2) is 9.78 Å². The second-order valence-electron chi connectivity index (χ2n) is 8.48. The number of methoxy groups -OCH3 is 1. The second-order valence-corrected chi connectivity index (χ2v) is 8.48. The number of aromatic nitrogens is 4. The van der Waals surface area contributed by atoms with E-state index in [1.54, 1.807) is 9.58 Å². The van der Waals surface area contributed by atoms with Gasteiger partial charge in [-0.2, -0.15) is 10.1 Å². The smallest absolute Gasteiger partial charge is 0.327 e. The molecule has 0 aliphatic carbocycles. The number of nitrogens with zero attached hydrogens (tertiary/aromatic N) is 6. The van der Waals surface area contributed by atoms with Gasteiger partial charge in [0.2, 0.25) is 5.88 Å². The minimum Gasteiger partial charge on any atom is -0.479 e. The number of amides is 2. The van der Waals surface area contributed by atoms with Crippen molar-refractivity contribution in [2.24, 2.45) is 7.05 Å². The van der Waals surface area contributed by atoms with Crippen molar-refractivity contribution in [2.45, 2.75) is 26.3 Å². The van der Waals surface area contributed by atoms with Crippen LogP contribution in [0.5, 0.6) is 5.88 Å². The number of carbonyl (C=O) groups excluding carboxylic acids is 1. The number of hydrogen-bond acceptors (Lipinski definition) is 7. The number of ether oxygens (including phenoxy) is 1. The number of pyridine rings is 2. The summed E-state index contributed by atoms with van der Waals surface area (Å²) in [5.74, 6) is 1.06. The fourth-order valence-corrected chi connectivity index (χ4v) is 4.58. The van der Waals surface area contributed by atoms with Crippen molar-refractivity contribution in [1.82, 2.24) is 25.1 Å². The Bertz CT molecular complexity index is 1190. The number of anilines is 3. The zero-order valence-corrected chi connectivity index (χ0v) is 18.8. The topological polar surface area (TPSA) is 100 Å². The van der Waals surface area contributed by atoms with Crippen LogP contribution in [0.3, 0.4) is 0 Å². The predicted octanol–water partition coefficient (Wildman–Crippen LogP) is 2.07. The normalized spacial score (nSPS) is 18.2. The monoisotopic (exact) mass is 436 g/mol. The van der Waals surface area contributed by atoms with Crippen LogP contribution < -0.4 is 25.2 Å². The molecule has 0 saturated carbocycles.